The molecule has 0 aromatic carbocycles. The van der Waals surface area contributed by atoms with Gasteiger partial charge in [0.15, 0.2) is 0 Å². The van der Waals surface area contributed by atoms with Crippen LogP contribution in [0.4, 0.5) is 0 Å². The maximum absolute atomic E-state index is 12.3. The molecule has 1 aliphatic rings. The number of likely N-dealkylation sites (N-methyl/N-ethyl adjacent to an activating group) is 1. The Kier molecular flexibility index (Phi) is 5.19. The lowest BCUT2D eigenvalue weighted by atomic mass is 10.0. The molecule has 0 saturated carbocycles. The molecule has 1 N–H and O–H groups in total. The van der Waals surface area contributed by atoms with Crippen LogP contribution in [-0.4, -0.2) is 63.0 Å². The maximum atomic E-state index is 12.3. The monoisotopic (exact) mass is 346 g/mol. The molecule has 2 aromatic heterocycles. The van der Waals surface area contributed by atoms with Gasteiger partial charge in [-0.15, -0.1) is 0 Å². The Balaban J connectivity index is 1.63. The van der Waals surface area contributed by atoms with Crippen LogP contribution in [-0.2, 0) is 23.1 Å². The van der Waals surface area contributed by atoms with Crippen molar-refractivity contribution in [3.8, 4) is 0 Å². The summed E-state index contributed by atoms with van der Waals surface area (Å²) in [4.78, 5) is 18.8. The zero-order chi connectivity index (χ0) is 18.0. The second-order valence-electron chi connectivity index (χ2n) is 6.65. The first-order valence-electron chi connectivity index (χ1n) is 8.51. The van der Waals surface area contributed by atoms with Crippen LogP contribution in [0, 0.1) is 13.8 Å². The van der Waals surface area contributed by atoms with E-state index in [4.69, 9.17) is 4.74 Å². The number of amides is 1. The highest BCUT2D eigenvalue weighted by atomic mass is 16.5. The fourth-order valence-corrected chi connectivity index (χ4v) is 3.34. The molecular formula is C17H26N6O2. The van der Waals surface area contributed by atoms with Gasteiger partial charge in [0.25, 0.3) is 0 Å². The van der Waals surface area contributed by atoms with Crippen LogP contribution in [0.1, 0.15) is 23.1 Å². The van der Waals surface area contributed by atoms with Crippen molar-refractivity contribution in [3.63, 3.8) is 0 Å². The van der Waals surface area contributed by atoms with Crippen molar-refractivity contribution in [2.75, 3.05) is 26.7 Å². The number of imidazole rings is 1. The lowest BCUT2D eigenvalue weighted by Gasteiger charge is -2.39. The van der Waals surface area contributed by atoms with E-state index in [0.29, 0.717) is 13.2 Å². The standard InChI is InChI=1S/C17H26N6O2/c1-12-7-13(2)23(20-12)10-16(24)19-9-15-17(21(3)5-6-25-15)14-8-18-11-22(14)4/h7-8,11,15,17H,5-6,9-10H2,1-4H3,(H,19,24)/t15-,17-/m0/s1. The molecule has 0 unspecified atom stereocenters. The van der Waals surface area contributed by atoms with Crippen LogP contribution in [0.3, 0.4) is 0 Å². The average molecular weight is 346 g/mol. The molecule has 2 aromatic rings. The summed E-state index contributed by atoms with van der Waals surface area (Å²) >= 11 is 0. The molecule has 8 heteroatoms. The molecule has 1 aliphatic heterocycles. The van der Waals surface area contributed by atoms with Gasteiger partial charge in [0, 0.05) is 32.0 Å². The van der Waals surface area contributed by atoms with E-state index in [1.165, 1.54) is 0 Å². The zero-order valence-corrected chi connectivity index (χ0v) is 15.3. The smallest absolute Gasteiger partial charge is 0.241 e. The summed E-state index contributed by atoms with van der Waals surface area (Å²) in [5.41, 5.74) is 2.98. The summed E-state index contributed by atoms with van der Waals surface area (Å²) in [6.07, 6.45) is 3.54. The van der Waals surface area contributed by atoms with E-state index in [0.717, 1.165) is 23.6 Å². The number of nitrogens with zero attached hydrogens (tertiary/aromatic N) is 5. The van der Waals surface area contributed by atoms with Crippen molar-refractivity contribution in [2.45, 2.75) is 32.5 Å². The highest BCUT2D eigenvalue weighted by Crippen LogP contribution is 2.27. The molecule has 2 atom stereocenters. The van der Waals surface area contributed by atoms with Crippen molar-refractivity contribution in [2.24, 2.45) is 7.05 Å². The molecule has 8 nitrogen and oxygen atoms in total. The van der Waals surface area contributed by atoms with E-state index < -0.39 is 0 Å². The number of ether oxygens (including phenoxy) is 1. The van der Waals surface area contributed by atoms with E-state index in [-0.39, 0.29) is 24.6 Å². The van der Waals surface area contributed by atoms with Crippen LogP contribution in [0.15, 0.2) is 18.6 Å². The fourth-order valence-electron chi connectivity index (χ4n) is 3.34. The molecule has 0 spiro atoms. The molecule has 0 aliphatic carbocycles. The van der Waals surface area contributed by atoms with Crippen LogP contribution in [0.5, 0.6) is 0 Å². The van der Waals surface area contributed by atoms with Gasteiger partial charge in [-0.25, -0.2) is 4.98 Å². The number of hydrogen-bond acceptors (Lipinski definition) is 5. The third-order valence-electron chi connectivity index (χ3n) is 4.66. The van der Waals surface area contributed by atoms with E-state index in [1.807, 2.05) is 37.7 Å². The molecule has 0 bridgehead atoms. The predicted octanol–water partition coefficient (Wildman–Crippen LogP) is 0.422. The normalized spacial score (nSPS) is 21.4. The first kappa shape index (κ1) is 17.6. The SMILES string of the molecule is Cc1cc(C)n(CC(=O)NC[C@@H]2OCCN(C)[C@H]2c2cncn2C)n1. The molecule has 3 heterocycles. The Bertz CT molecular complexity index is 737. The van der Waals surface area contributed by atoms with Gasteiger partial charge in [-0.05, 0) is 27.0 Å². The number of carbonyl (C=O) groups excluding carboxylic acids is 1. The maximum Gasteiger partial charge on any atom is 0.241 e. The van der Waals surface area contributed by atoms with Crippen molar-refractivity contribution < 1.29 is 9.53 Å². The Morgan fingerprint density at radius 1 is 1.40 bits per heavy atom. The average Bonchev–Trinajstić information content (AvgIpc) is 3.11. The summed E-state index contributed by atoms with van der Waals surface area (Å²) in [7, 11) is 4.05. The second-order valence-corrected chi connectivity index (χ2v) is 6.65. The van der Waals surface area contributed by atoms with Crippen molar-refractivity contribution >= 4 is 5.91 Å². The number of rotatable bonds is 5. The lowest BCUT2D eigenvalue weighted by Crippen LogP contribution is -2.49. The Labute approximate surface area is 147 Å². The number of carbonyl (C=O) groups is 1. The first-order chi connectivity index (χ1) is 12.0. The van der Waals surface area contributed by atoms with E-state index in [9.17, 15) is 4.79 Å². The highest BCUT2D eigenvalue weighted by Gasteiger charge is 2.33. The molecule has 25 heavy (non-hydrogen) atoms. The highest BCUT2D eigenvalue weighted by molar-refractivity contribution is 5.75. The van der Waals surface area contributed by atoms with Gasteiger partial charge >= 0.3 is 0 Å². The Hall–Kier alpha value is -2.19. The number of hydrogen-bond donors (Lipinski definition) is 1. The number of nitrogens with one attached hydrogen (secondary N) is 1. The Morgan fingerprint density at radius 2 is 2.20 bits per heavy atom. The van der Waals surface area contributed by atoms with Crippen LogP contribution in [0.2, 0.25) is 0 Å². The summed E-state index contributed by atoms with van der Waals surface area (Å²) in [6, 6.07) is 2.03. The van der Waals surface area contributed by atoms with Crippen molar-refractivity contribution in [3.05, 3.63) is 35.7 Å². The lowest BCUT2D eigenvalue weighted by molar-refractivity contribution is -0.124. The minimum Gasteiger partial charge on any atom is -0.373 e. The van der Waals surface area contributed by atoms with Crippen molar-refractivity contribution in [1.29, 1.82) is 0 Å². The number of morpholine rings is 1. The molecule has 1 amide bonds. The van der Waals surface area contributed by atoms with Gasteiger partial charge < -0.3 is 14.6 Å². The summed E-state index contributed by atoms with van der Waals surface area (Å²) in [5, 5.41) is 7.32. The topological polar surface area (TPSA) is 77.2 Å². The van der Waals surface area contributed by atoms with Gasteiger partial charge in [-0.3, -0.25) is 14.4 Å². The quantitative estimate of drug-likeness (QED) is 0.849. The second kappa shape index (κ2) is 7.37. The van der Waals surface area contributed by atoms with Gasteiger partial charge in [0.1, 0.15) is 6.54 Å². The first-order valence-corrected chi connectivity index (χ1v) is 8.51. The van der Waals surface area contributed by atoms with Gasteiger partial charge in [0.05, 0.1) is 36.5 Å². The van der Waals surface area contributed by atoms with Crippen molar-refractivity contribution in [1.82, 2.24) is 29.5 Å². The summed E-state index contributed by atoms with van der Waals surface area (Å²) < 4.78 is 9.67. The van der Waals surface area contributed by atoms with Crippen LogP contribution < -0.4 is 5.32 Å². The van der Waals surface area contributed by atoms with Gasteiger partial charge in [-0.1, -0.05) is 0 Å². The molecule has 1 saturated heterocycles. The van der Waals surface area contributed by atoms with Crippen LogP contribution >= 0.6 is 0 Å². The summed E-state index contributed by atoms with van der Waals surface area (Å²) in [5.74, 6) is -0.0632. The summed E-state index contributed by atoms with van der Waals surface area (Å²) in [6.45, 7) is 6.06. The Morgan fingerprint density at radius 3 is 2.84 bits per heavy atom. The largest absolute Gasteiger partial charge is 0.373 e. The van der Waals surface area contributed by atoms with Crippen LogP contribution in [0.25, 0.3) is 0 Å². The van der Waals surface area contributed by atoms with E-state index >= 15 is 0 Å². The minimum absolute atomic E-state index is 0.0632. The number of aromatic nitrogens is 4. The third kappa shape index (κ3) is 3.91. The minimum atomic E-state index is -0.112. The van der Waals surface area contributed by atoms with Gasteiger partial charge in [0.2, 0.25) is 5.91 Å². The number of aryl methyl sites for hydroxylation is 3. The van der Waals surface area contributed by atoms with E-state index in [1.54, 1.807) is 11.0 Å². The predicted molar refractivity (Wildman–Crippen MR) is 93.0 cm³/mol. The molecule has 3 rings (SSSR count). The zero-order valence-electron chi connectivity index (χ0n) is 15.3. The van der Waals surface area contributed by atoms with Gasteiger partial charge in [-0.2, -0.15) is 5.10 Å². The molecule has 136 valence electrons. The van der Waals surface area contributed by atoms with E-state index in [2.05, 4.69) is 27.3 Å². The molecule has 0 radical (unpaired) electrons. The molecular weight excluding hydrogens is 320 g/mol. The third-order valence-corrected chi connectivity index (χ3v) is 4.66. The fraction of sp³-hybridized carbons (Fsp3) is 0.588. The molecule has 1 fully saturated rings.